The molecule has 0 radical (unpaired) electrons. The van der Waals surface area contributed by atoms with Gasteiger partial charge in [0.2, 0.25) is 0 Å². The summed E-state index contributed by atoms with van der Waals surface area (Å²) in [5, 5.41) is 12.2. The highest BCUT2D eigenvalue weighted by Crippen LogP contribution is 2.21. The Morgan fingerprint density at radius 2 is 2.50 bits per heavy atom. The van der Waals surface area contributed by atoms with Crippen molar-refractivity contribution in [1.29, 1.82) is 0 Å². The Balaban J connectivity index is 2.17. The number of nitrogens with zero attached hydrogens (tertiary/aromatic N) is 1. The molecule has 1 saturated heterocycles. The molecule has 0 spiro atoms. The number of aromatic carboxylic acids is 1. The van der Waals surface area contributed by atoms with Gasteiger partial charge in [0, 0.05) is 19.0 Å². The van der Waals surface area contributed by atoms with E-state index in [-0.39, 0.29) is 17.7 Å². The van der Waals surface area contributed by atoms with Gasteiger partial charge in [-0.2, -0.15) is 0 Å². The predicted molar refractivity (Wildman–Crippen MR) is 58.6 cm³/mol. The Labute approximate surface area is 93.5 Å². The molecule has 0 aliphatic carbocycles. The topological polar surface area (TPSA) is 71.5 Å². The van der Waals surface area contributed by atoms with E-state index in [0.717, 1.165) is 6.42 Å². The number of rotatable bonds is 3. The Bertz CT molecular complexity index is 395. The quantitative estimate of drug-likeness (QED) is 0.808. The molecule has 0 saturated carbocycles. The van der Waals surface area contributed by atoms with Gasteiger partial charge < -0.3 is 15.2 Å². The second kappa shape index (κ2) is 4.49. The van der Waals surface area contributed by atoms with Crippen LogP contribution in [0.5, 0.6) is 0 Å². The van der Waals surface area contributed by atoms with Crippen LogP contribution in [0.1, 0.15) is 23.7 Å². The summed E-state index contributed by atoms with van der Waals surface area (Å²) in [5.41, 5.74) is 0.798. The van der Waals surface area contributed by atoms with Gasteiger partial charge in [-0.25, -0.2) is 4.79 Å². The van der Waals surface area contributed by atoms with Crippen LogP contribution in [0.4, 0.5) is 5.69 Å². The smallest absolute Gasteiger partial charge is 0.339 e. The van der Waals surface area contributed by atoms with Gasteiger partial charge in [0.05, 0.1) is 17.8 Å². The molecule has 2 N–H and O–H groups in total. The molecule has 86 valence electrons. The van der Waals surface area contributed by atoms with E-state index in [0.29, 0.717) is 12.3 Å². The maximum atomic E-state index is 11.0. The molecule has 2 heterocycles. The molecule has 1 aliphatic rings. The fraction of sp³-hybridized carbons (Fsp3) is 0.455. The van der Waals surface area contributed by atoms with E-state index in [2.05, 4.69) is 10.3 Å². The number of carboxylic acid groups (broad SMARTS) is 1. The summed E-state index contributed by atoms with van der Waals surface area (Å²) in [6.07, 6.45) is 3.93. The van der Waals surface area contributed by atoms with Crippen LogP contribution < -0.4 is 5.32 Å². The molecule has 2 atom stereocenters. The van der Waals surface area contributed by atoms with Crippen LogP contribution in [0.25, 0.3) is 0 Å². The Hall–Kier alpha value is -1.62. The zero-order valence-electron chi connectivity index (χ0n) is 9.01. The molecule has 16 heavy (non-hydrogen) atoms. The molecule has 2 unspecified atom stereocenters. The van der Waals surface area contributed by atoms with Crippen LogP contribution in [0.15, 0.2) is 18.5 Å². The van der Waals surface area contributed by atoms with E-state index < -0.39 is 5.97 Å². The summed E-state index contributed by atoms with van der Waals surface area (Å²) in [5.74, 6) is -0.970. The minimum absolute atomic E-state index is 0.106. The fourth-order valence-corrected chi connectivity index (χ4v) is 1.81. The first-order chi connectivity index (χ1) is 7.68. The molecule has 0 aromatic carbocycles. The Morgan fingerprint density at radius 1 is 1.69 bits per heavy atom. The third-order valence-electron chi connectivity index (χ3n) is 2.77. The molecule has 1 aliphatic heterocycles. The third-order valence-corrected chi connectivity index (χ3v) is 2.77. The van der Waals surface area contributed by atoms with Crippen LogP contribution in [0.3, 0.4) is 0 Å². The summed E-state index contributed by atoms with van der Waals surface area (Å²) in [6.45, 7) is 2.69. The number of nitrogens with one attached hydrogen (secondary N) is 1. The standard InChI is InChI=1S/C11H14N2O3/c1-7-9(3-5-16-7)13-10-2-4-12-6-8(10)11(14)15/h2,4,6-7,9H,3,5H2,1H3,(H,12,13)(H,14,15). The molecule has 5 heteroatoms. The predicted octanol–water partition coefficient (Wildman–Crippen LogP) is 1.37. The second-order valence-corrected chi connectivity index (χ2v) is 3.84. The highest BCUT2D eigenvalue weighted by Gasteiger charge is 2.25. The van der Waals surface area contributed by atoms with E-state index >= 15 is 0 Å². The lowest BCUT2D eigenvalue weighted by Crippen LogP contribution is -2.27. The Morgan fingerprint density at radius 3 is 3.12 bits per heavy atom. The minimum atomic E-state index is -0.970. The number of pyridine rings is 1. The highest BCUT2D eigenvalue weighted by molar-refractivity contribution is 5.93. The fourth-order valence-electron chi connectivity index (χ4n) is 1.81. The zero-order valence-corrected chi connectivity index (χ0v) is 9.01. The number of anilines is 1. The normalized spacial score (nSPS) is 24.3. The van der Waals surface area contributed by atoms with Gasteiger partial charge in [0.1, 0.15) is 5.56 Å². The average Bonchev–Trinajstić information content (AvgIpc) is 2.65. The molecular formula is C11H14N2O3. The van der Waals surface area contributed by atoms with Crippen LogP contribution in [-0.4, -0.2) is 34.8 Å². The summed E-state index contributed by atoms with van der Waals surface area (Å²) in [4.78, 5) is 14.8. The molecule has 2 rings (SSSR count). The largest absolute Gasteiger partial charge is 0.478 e. The van der Waals surface area contributed by atoms with Crippen molar-refractivity contribution in [2.24, 2.45) is 0 Å². The van der Waals surface area contributed by atoms with E-state index in [1.807, 2.05) is 6.92 Å². The number of carbonyl (C=O) groups is 1. The van der Waals surface area contributed by atoms with Gasteiger partial charge >= 0.3 is 5.97 Å². The average molecular weight is 222 g/mol. The summed E-state index contributed by atoms with van der Waals surface area (Å²) < 4.78 is 5.41. The van der Waals surface area contributed by atoms with E-state index in [9.17, 15) is 4.79 Å². The SMILES string of the molecule is CC1OCCC1Nc1ccncc1C(=O)O. The van der Waals surface area contributed by atoms with Crippen molar-refractivity contribution in [1.82, 2.24) is 4.98 Å². The van der Waals surface area contributed by atoms with Gasteiger partial charge in [-0.15, -0.1) is 0 Å². The lowest BCUT2D eigenvalue weighted by Gasteiger charge is -2.18. The lowest BCUT2D eigenvalue weighted by molar-refractivity contribution is 0.0697. The molecule has 1 aromatic rings. The molecule has 0 amide bonds. The first-order valence-electron chi connectivity index (χ1n) is 5.24. The number of aromatic nitrogens is 1. The van der Waals surface area contributed by atoms with Crippen molar-refractivity contribution in [2.75, 3.05) is 11.9 Å². The van der Waals surface area contributed by atoms with Crippen molar-refractivity contribution >= 4 is 11.7 Å². The third kappa shape index (κ3) is 2.14. The van der Waals surface area contributed by atoms with Crippen LogP contribution in [0.2, 0.25) is 0 Å². The van der Waals surface area contributed by atoms with Crippen molar-refractivity contribution in [2.45, 2.75) is 25.5 Å². The summed E-state index contributed by atoms with van der Waals surface area (Å²) >= 11 is 0. The minimum Gasteiger partial charge on any atom is -0.478 e. The van der Waals surface area contributed by atoms with Crippen molar-refractivity contribution < 1.29 is 14.6 Å². The first-order valence-corrected chi connectivity index (χ1v) is 5.24. The number of ether oxygens (including phenoxy) is 1. The highest BCUT2D eigenvalue weighted by atomic mass is 16.5. The van der Waals surface area contributed by atoms with E-state index in [4.69, 9.17) is 9.84 Å². The monoisotopic (exact) mass is 222 g/mol. The van der Waals surface area contributed by atoms with Crippen LogP contribution in [-0.2, 0) is 4.74 Å². The molecule has 1 aromatic heterocycles. The zero-order chi connectivity index (χ0) is 11.5. The maximum absolute atomic E-state index is 11.0. The summed E-state index contributed by atoms with van der Waals surface area (Å²) in [6, 6.07) is 1.84. The Kier molecular flexibility index (Phi) is 3.05. The van der Waals surface area contributed by atoms with Crippen LogP contribution >= 0.6 is 0 Å². The van der Waals surface area contributed by atoms with E-state index in [1.165, 1.54) is 6.20 Å². The summed E-state index contributed by atoms with van der Waals surface area (Å²) in [7, 11) is 0. The van der Waals surface area contributed by atoms with Gasteiger partial charge in [-0.3, -0.25) is 4.98 Å². The second-order valence-electron chi connectivity index (χ2n) is 3.84. The molecular weight excluding hydrogens is 208 g/mol. The molecule has 1 fully saturated rings. The van der Waals surface area contributed by atoms with Gasteiger partial charge in [-0.05, 0) is 19.4 Å². The molecule has 0 bridgehead atoms. The van der Waals surface area contributed by atoms with Crippen molar-refractivity contribution in [3.05, 3.63) is 24.0 Å². The van der Waals surface area contributed by atoms with E-state index in [1.54, 1.807) is 12.3 Å². The number of hydrogen-bond donors (Lipinski definition) is 2. The number of hydrogen-bond acceptors (Lipinski definition) is 4. The van der Waals surface area contributed by atoms with Crippen molar-refractivity contribution in [3.8, 4) is 0 Å². The molecule has 5 nitrogen and oxygen atoms in total. The maximum Gasteiger partial charge on any atom is 0.339 e. The van der Waals surface area contributed by atoms with Gasteiger partial charge in [0.15, 0.2) is 0 Å². The van der Waals surface area contributed by atoms with Crippen LogP contribution in [0, 0.1) is 0 Å². The number of carboxylic acids is 1. The first kappa shape index (κ1) is 10.9. The van der Waals surface area contributed by atoms with Gasteiger partial charge in [-0.1, -0.05) is 0 Å². The van der Waals surface area contributed by atoms with Gasteiger partial charge in [0.25, 0.3) is 0 Å². The lowest BCUT2D eigenvalue weighted by atomic mass is 10.1. The van der Waals surface area contributed by atoms with Crippen molar-refractivity contribution in [3.63, 3.8) is 0 Å².